The molecule has 0 aliphatic heterocycles. The van der Waals surface area contributed by atoms with Gasteiger partial charge in [0, 0.05) is 12.3 Å². The van der Waals surface area contributed by atoms with Gasteiger partial charge in [-0.15, -0.1) is 12.2 Å². The summed E-state index contributed by atoms with van der Waals surface area (Å²) in [4.78, 5) is 0. The summed E-state index contributed by atoms with van der Waals surface area (Å²) in [5.41, 5.74) is 1.12. The van der Waals surface area contributed by atoms with Crippen molar-refractivity contribution in [1.29, 1.82) is 0 Å². The standard InChI is InChI=1S/C15H26O/c1-11(2)8-9-16-15-10-13(5)6-7-14(15)12(3)4/h12-15H,1,6-8,10H2,2-5H3/t13-,14+,15-/m0/s1. The first-order valence-corrected chi connectivity index (χ1v) is 6.53. The summed E-state index contributed by atoms with van der Waals surface area (Å²) in [5.74, 6) is 2.21. The molecule has 0 heterocycles. The lowest BCUT2D eigenvalue weighted by Gasteiger charge is -2.30. The monoisotopic (exact) mass is 222 g/mol. The summed E-state index contributed by atoms with van der Waals surface area (Å²) in [5, 5.41) is 0. The minimum Gasteiger partial charge on any atom is -0.454 e. The van der Waals surface area contributed by atoms with Crippen molar-refractivity contribution in [1.82, 2.24) is 0 Å². The van der Waals surface area contributed by atoms with Gasteiger partial charge in [-0.3, -0.25) is 0 Å². The van der Waals surface area contributed by atoms with Crippen molar-refractivity contribution in [2.24, 2.45) is 17.8 Å². The average Bonchev–Trinajstić information content (AvgIpc) is 2.16. The summed E-state index contributed by atoms with van der Waals surface area (Å²) >= 11 is 0. The van der Waals surface area contributed by atoms with E-state index in [4.69, 9.17) is 4.42 Å². The predicted molar refractivity (Wildman–Crippen MR) is 70.3 cm³/mol. The first-order chi connectivity index (χ1) is 7.50. The van der Waals surface area contributed by atoms with Crippen LogP contribution < -0.4 is 0 Å². The molecule has 1 nitrogen and oxygen atoms in total. The van der Waals surface area contributed by atoms with Gasteiger partial charge in [0.25, 0.3) is 0 Å². The third-order valence-corrected chi connectivity index (χ3v) is 3.57. The van der Waals surface area contributed by atoms with Crippen molar-refractivity contribution in [3.63, 3.8) is 0 Å². The molecule has 0 aromatic rings. The lowest BCUT2D eigenvalue weighted by atomic mass is 9.75. The molecule has 0 aromatic carbocycles. The maximum Gasteiger partial charge on any atom is 0.230 e. The van der Waals surface area contributed by atoms with Crippen LogP contribution in [-0.2, 0) is 4.42 Å². The second-order valence-electron chi connectivity index (χ2n) is 5.76. The molecule has 1 fully saturated rings. The molecule has 1 heteroatoms. The molecule has 1 rings (SSSR count). The minimum atomic E-state index is 0.378. The maximum atomic E-state index is 5.83. The lowest BCUT2D eigenvalue weighted by molar-refractivity contribution is -0.0730. The molecule has 0 unspecified atom stereocenters. The molecule has 1 aliphatic carbocycles. The smallest absolute Gasteiger partial charge is 0.230 e. The highest BCUT2D eigenvalue weighted by atomic mass is 16.4. The summed E-state index contributed by atoms with van der Waals surface area (Å²) in [6.07, 6.45) is 8.04. The molecule has 0 bridgehead atoms. The van der Waals surface area contributed by atoms with E-state index in [-0.39, 0.29) is 0 Å². The van der Waals surface area contributed by atoms with E-state index in [0.717, 1.165) is 17.9 Å². The van der Waals surface area contributed by atoms with Gasteiger partial charge >= 0.3 is 0 Å². The zero-order valence-corrected chi connectivity index (χ0v) is 11.3. The molecule has 3 atom stereocenters. The van der Waals surface area contributed by atoms with Crippen molar-refractivity contribution in [3.05, 3.63) is 12.2 Å². The number of allylic oxidation sites excluding steroid dienone is 1. The second kappa shape index (κ2) is 6.22. The predicted octanol–water partition coefficient (Wildman–Crippen LogP) is 4.06. The fourth-order valence-corrected chi connectivity index (χ4v) is 2.52. The zero-order valence-electron chi connectivity index (χ0n) is 11.3. The fraction of sp³-hybridized carbons (Fsp3) is 0.800. The Bertz CT molecular complexity index is 252. The summed E-state index contributed by atoms with van der Waals surface area (Å²) < 4.78 is 5.83. The van der Waals surface area contributed by atoms with Crippen LogP contribution in [0.2, 0.25) is 0 Å². The molecule has 0 spiro atoms. The highest BCUT2D eigenvalue weighted by molar-refractivity contribution is 5.55. The van der Waals surface area contributed by atoms with E-state index in [1.54, 1.807) is 0 Å². The van der Waals surface area contributed by atoms with Crippen molar-refractivity contribution in [3.8, 4) is 0 Å². The van der Waals surface area contributed by atoms with E-state index in [1.165, 1.54) is 19.3 Å². The van der Waals surface area contributed by atoms with Crippen molar-refractivity contribution in [2.75, 3.05) is 0 Å². The van der Waals surface area contributed by atoms with Crippen molar-refractivity contribution < 1.29 is 4.42 Å². The SMILES string of the molecule is C=C(C)C[C-]=[O+][C@H]1C[C@@H](C)CC[C@@H]1C(C)C. The topological polar surface area (TPSA) is 11.3 Å². The third-order valence-electron chi connectivity index (χ3n) is 3.57. The van der Waals surface area contributed by atoms with Crippen LogP contribution in [0.3, 0.4) is 0 Å². The van der Waals surface area contributed by atoms with Gasteiger partial charge in [0.1, 0.15) is 0 Å². The Morgan fingerprint density at radius 2 is 2.12 bits per heavy atom. The van der Waals surface area contributed by atoms with Crippen molar-refractivity contribution >= 4 is 6.29 Å². The van der Waals surface area contributed by atoms with Crippen molar-refractivity contribution in [2.45, 2.75) is 59.5 Å². The molecule has 92 valence electrons. The summed E-state index contributed by atoms with van der Waals surface area (Å²) in [6, 6.07) is 0. The molecule has 0 saturated heterocycles. The molecule has 1 aliphatic rings. The Balaban J connectivity index is 2.57. The van der Waals surface area contributed by atoms with Gasteiger partial charge in [-0.1, -0.05) is 27.2 Å². The van der Waals surface area contributed by atoms with E-state index in [2.05, 4.69) is 33.6 Å². The van der Waals surface area contributed by atoms with Crippen LogP contribution in [-0.4, -0.2) is 12.4 Å². The van der Waals surface area contributed by atoms with Gasteiger partial charge < -0.3 is 4.42 Å². The van der Waals surface area contributed by atoms with E-state index in [0.29, 0.717) is 17.9 Å². The molecule has 1 saturated carbocycles. The molecule has 0 amide bonds. The van der Waals surface area contributed by atoms with Gasteiger partial charge in [0.2, 0.25) is 6.10 Å². The van der Waals surface area contributed by atoms with Gasteiger partial charge in [-0.25, -0.2) is 0 Å². The van der Waals surface area contributed by atoms with Gasteiger partial charge in [-0.2, -0.15) is 0 Å². The van der Waals surface area contributed by atoms with E-state index in [1.807, 2.05) is 6.92 Å². The number of hydrogen-bond acceptors (Lipinski definition) is 0. The number of hydrogen-bond donors (Lipinski definition) is 0. The molecule has 0 aromatic heterocycles. The van der Waals surface area contributed by atoms with E-state index >= 15 is 0 Å². The maximum absolute atomic E-state index is 5.83. The van der Waals surface area contributed by atoms with Crippen LogP contribution in [0.5, 0.6) is 0 Å². The molecule has 16 heavy (non-hydrogen) atoms. The Morgan fingerprint density at radius 1 is 1.44 bits per heavy atom. The Morgan fingerprint density at radius 3 is 2.69 bits per heavy atom. The number of carbonyl (C=O) groups excluding carboxylic acids is 1. The second-order valence-corrected chi connectivity index (χ2v) is 5.76. The summed E-state index contributed by atoms with van der Waals surface area (Å²) in [6.45, 7) is 12.8. The largest absolute Gasteiger partial charge is 0.454 e. The van der Waals surface area contributed by atoms with Gasteiger partial charge in [-0.05, 0) is 37.9 Å². The molecular weight excluding hydrogens is 196 g/mol. The highest BCUT2D eigenvalue weighted by Gasteiger charge is 2.35. The van der Waals surface area contributed by atoms with Crippen LogP contribution in [0, 0.1) is 17.8 Å². The first-order valence-electron chi connectivity index (χ1n) is 6.53. The lowest BCUT2D eigenvalue weighted by Crippen LogP contribution is -2.32. The van der Waals surface area contributed by atoms with E-state index in [9.17, 15) is 0 Å². The minimum absolute atomic E-state index is 0.378. The quantitative estimate of drug-likeness (QED) is 0.386. The van der Waals surface area contributed by atoms with E-state index < -0.39 is 0 Å². The van der Waals surface area contributed by atoms with Crippen LogP contribution in [0.1, 0.15) is 53.4 Å². The Hall–Kier alpha value is -0.590. The summed E-state index contributed by atoms with van der Waals surface area (Å²) in [7, 11) is 0. The molecule has 0 N–H and O–H groups in total. The molecule has 0 radical (unpaired) electrons. The Kier molecular flexibility index (Phi) is 5.24. The van der Waals surface area contributed by atoms with Crippen LogP contribution in [0.15, 0.2) is 12.2 Å². The van der Waals surface area contributed by atoms with Crippen LogP contribution >= 0.6 is 0 Å². The first kappa shape index (κ1) is 13.5. The van der Waals surface area contributed by atoms with Crippen LogP contribution in [0.25, 0.3) is 0 Å². The number of rotatable bonds is 4. The molecular formula is C15H26O. The average molecular weight is 222 g/mol. The van der Waals surface area contributed by atoms with Gasteiger partial charge in [0.05, 0.1) is 0 Å². The Labute approximate surface area is 101 Å². The third kappa shape index (κ3) is 4.11. The van der Waals surface area contributed by atoms with Crippen LogP contribution in [0.4, 0.5) is 0 Å². The normalized spacial score (nSPS) is 31.2. The van der Waals surface area contributed by atoms with Gasteiger partial charge in [0.15, 0.2) is 0 Å². The zero-order chi connectivity index (χ0) is 12.1. The highest BCUT2D eigenvalue weighted by Crippen LogP contribution is 2.34. The fourth-order valence-electron chi connectivity index (χ4n) is 2.52.